The van der Waals surface area contributed by atoms with Crippen molar-refractivity contribution in [3.05, 3.63) is 41.5 Å². The highest BCUT2D eigenvalue weighted by molar-refractivity contribution is 6.27. The molecule has 4 nitrogen and oxygen atoms in total. The van der Waals surface area contributed by atoms with Gasteiger partial charge in [-0.05, 0) is 80.5 Å². The molecule has 0 aromatic heterocycles. The van der Waals surface area contributed by atoms with E-state index in [1.807, 2.05) is 51.1 Å². The van der Waals surface area contributed by atoms with Gasteiger partial charge in [0.05, 0.1) is 0 Å². The number of imide groups is 1. The van der Waals surface area contributed by atoms with Crippen LogP contribution < -0.4 is 4.90 Å². The summed E-state index contributed by atoms with van der Waals surface area (Å²) in [6, 6.07) is 9.70. The number of amides is 2. The van der Waals surface area contributed by atoms with Gasteiger partial charge in [0.25, 0.3) is 11.8 Å². The van der Waals surface area contributed by atoms with E-state index in [1.54, 1.807) is 0 Å². The number of hydrogen-bond acceptors (Lipinski definition) is 3. The van der Waals surface area contributed by atoms with Crippen LogP contribution >= 0.6 is 0 Å². The summed E-state index contributed by atoms with van der Waals surface area (Å²) in [4.78, 5) is 30.2. The predicted octanol–water partition coefficient (Wildman–Crippen LogP) is 5.64. The number of rotatable bonds is 1. The van der Waals surface area contributed by atoms with Crippen LogP contribution in [0.15, 0.2) is 30.3 Å². The van der Waals surface area contributed by atoms with Crippen molar-refractivity contribution < 1.29 is 9.59 Å². The van der Waals surface area contributed by atoms with Crippen LogP contribution in [-0.4, -0.2) is 33.3 Å². The van der Waals surface area contributed by atoms with Crippen LogP contribution in [0.4, 0.5) is 5.69 Å². The Hall–Kier alpha value is -2.36. The van der Waals surface area contributed by atoms with E-state index in [2.05, 4.69) is 46.4 Å². The molecule has 2 aromatic carbocycles. The van der Waals surface area contributed by atoms with Gasteiger partial charge in [0.2, 0.25) is 0 Å². The molecule has 0 atom stereocenters. The molecule has 3 rings (SSSR count). The lowest BCUT2D eigenvalue weighted by Gasteiger charge is -2.48. The zero-order valence-electron chi connectivity index (χ0n) is 18.6. The van der Waals surface area contributed by atoms with E-state index in [4.69, 9.17) is 0 Å². The zero-order chi connectivity index (χ0) is 21.2. The molecule has 150 valence electrons. The zero-order valence-corrected chi connectivity index (χ0v) is 18.6. The number of carbonyl (C=O) groups is 2. The molecular weight excluding hydrogens is 348 g/mol. The minimum Gasteiger partial charge on any atom is -0.361 e. The first kappa shape index (κ1) is 20.4. The average molecular weight is 381 g/mol. The van der Waals surface area contributed by atoms with E-state index in [1.165, 1.54) is 4.90 Å². The normalized spacial score (nSPS) is 15.4. The fourth-order valence-electron chi connectivity index (χ4n) is 4.61. The number of anilines is 1. The van der Waals surface area contributed by atoms with Gasteiger partial charge in [0, 0.05) is 44.2 Å². The summed E-state index contributed by atoms with van der Waals surface area (Å²) in [5.74, 6) is -0.434. The van der Waals surface area contributed by atoms with Crippen LogP contribution in [0.25, 0.3) is 10.8 Å². The van der Waals surface area contributed by atoms with Gasteiger partial charge in [0.1, 0.15) is 0 Å². The van der Waals surface area contributed by atoms with Crippen molar-refractivity contribution in [2.24, 2.45) is 0 Å². The smallest absolute Gasteiger partial charge is 0.261 e. The van der Waals surface area contributed by atoms with Gasteiger partial charge in [0.15, 0.2) is 0 Å². The fraction of sp³-hybridized carbons (Fsp3) is 0.500. The fourth-order valence-corrected chi connectivity index (χ4v) is 4.61. The third-order valence-electron chi connectivity index (χ3n) is 5.14. The topological polar surface area (TPSA) is 40.6 Å². The molecule has 4 heteroatoms. The largest absolute Gasteiger partial charge is 0.361 e. The Morgan fingerprint density at radius 2 is 1.21 bits per heavy atom. The molecule has 2 aromatic rings. The van der Waals surface area contributed by atoms with Gasteiger partial charge in [-0.1, -0.05) is 12.1 Å². The van der Waals surface area contributed by atoms with E-state index in [0.29, 0.717) is 11.1 Å². The molecule has 1 heterocycles. The van der Waals surface area contributed by atoms with Gasteiger partial charge in [-0.2, -0.15) is 0 Å². The van der Waals surface area contributed by atoms with Crippen molar-refractivity contribution in [1.29, 1.82) is 0 Å². The number of carbonyl (C=O) groups excluding carboxylic acids is 2. The standard InChI is InChI=1S/C24H32N2O2/c1-22(2,3)25-20(27)16-12-10-11-15-18(14-13-17(19(15)16)21(25)28)26(23(4,5)6)24(7,8)9/h10-14H,1-9H3. The second-order valence-corrected chi connectivity index (χ2v) is 10.7. The highest BCUT2D eigenvalue weighted by atomic mass is 16.2. The summed E-state index contributed by atoms with van der Waals surface area (Å²) in [7, 11) is 0. The Labute approximate surface area is 168 Å². The van der Waals surface area contributed by atoms with Gasteiger partial charge < -0.3 is 4.90 Å². The van der Waals surface area contributed by atoms with Crippen molar-refractivity contribution in [3.8, 4) is 0 Å². The van der Waals surface area contributed by atoms with Gasteiger partial charge >= 0.3 is 0 Å². The van der Waals surface area contributed by atoms with Crippen LogP contribution in [-0.2, 0) is 0 Å². The molecular formula is C24H32N2O2. The molecule has 0 aliphatic carbocycles. The maximum Gasteiger partial charge on any atom is 0.261 e. The second kappa shape index (κ2) is 6.07. The van der Waals surface area contributed by atoms with Crippen molar-refractivity contribution in [2.75, 3.05) is 4.90 Å². The molecule has 1 aliphatic rings. The van der Waals surface area contributed by atoms with E-state index in [0.717, 1.165) is 16.5 Å². The van der Waals surface area contributed by atoms with Crippen LogP contribution in [0.2, 0.25) is 0 Å². The first-order valence-corrected chi connectivity index (χ1v) is 9.90. The summed E-state index contributed by atoms with van der Waals surface area (Å²) in [5.41, 5.74) is 1.43. The molecule has 0 saturated heterocycles. The van der Waals surface area contributed by atoms with Gasteiger partial charge in [-0.25, -0.2) is 0 Å². The molecule has 0 fully saturated rings. The SMILES string of the molecule is CC(C)(C)N1C(=O)c2cccc3c(N(C(C)(C)C)C(C)(C)C)ccc(c23)C1=O. The van der Waals surface area contributed by atoms with E-state index in [-0.39, 0.29) is 22.9 Å². The van der Waals surface area contributed by atoms with E-state index in [9.17, 15) is 9.59 Å². The van der Waals surface area contributed by atoms with Gasteiger partial charge in [-0.15, -0.1) is 0 Å². The molecule has 1 aliphatic heterocycles. The number of hydrogen-bond donors (Lipinski definition) is 0. The summed E-state index contributed by atoms with van der Waals surface area (Å²) in [6.45, 7) is 18.8. The average Bonchev–Trinajstić information content (AvgIpc) is 2.49. The number of nitrogens with zero attached hydrogens (tertiary/aromatic N) is 2. The maximum atomic E-state index is 13.2. The molecule has 0 unspecified atom stereocenters. The van der Waals surface area contributed by atoms with Crippen molar-refractivity contribution in [2.45, 2.75) is 78.9 Å². The Balaban J connectivity index is 2.36. The van der Waals surface area contributed by atoms with Crippen LogP contribution in [0, 0.1) is 0 Å². The molecule has 0 spiro atoms. The minimum absolute atomic E-state index is 0.127. The van der Waals surface area contributed by atoms with Gasteiger partial charge in [-0.3, -0.25) is 14.5 Å². The Morgan fingerprint density at radius 3 is 1.68 bits per heavy atom. The highest BCUT2D eigenvalue weighted by Crippen LogP contribution is 2.41. The van der Waals surface area contributed by atoms with E-state index < -0.39 is 5.54 Å². The number of benzene rings is 2. The lowest BCUT2D eigenvalue weighted by atomic mass is 9.87. The molecule has 0 bridgehead atoms. The summed E-state index contributed by atoms with van der Waals surface area (Å²) >= 11 is 0. The maximum absolute atomic E-state index is 13.2. The van der Waals surface area contributed by atoms with Crippen molar-refractivity contribution in [3.63, 3.8) is 0 Å². The molecule has 0 N–H and O–H groups in total. The first-order valence-electron chi connectivity index (χ1n) is 9.90. The molecule has 0 saturated carbocycles. The first-order chi connectivity index (χ1) is 12.7. The lowest BCUT2D eigenvalue weighted by molar-refractivity contribution is 0.0460. The summed E-state index contributed by atoms with van der Waals surface area (Å²) in [5, 5.41) is 1.73. The summed E-state index contributed by atoms with van der Waals surface area (Å²) < 4.78 is 0. The molecule has 28 heavy (non-hydrogen) atoms. The quantitative estimate of drug-likeness (QED) is 0.601. The van der Waals surface area contributed by atoms with Crippen molar-refractivity contribution >= 4 is 28.3 Å². The Kier molecular flexibility index (Phi) is 4.42. The monoisotopic (exact) mass is 380 g/mol. The van der Waals surface area contributed by atoms with Crippen LogP contribution in [0.3, 0.4) is 0 Å². The lowest BCUT2D eigenvalue weighted by Crippen LogP contribution is -2.53. The predicted molar refractivity (Wildman–Crippen MR) is 116 cm³/mol. The second-order valence-electron chi connectivity index (χ2n) is 10.7. The Bertz CT molecular complexity index is 933. The van der Waals surface area contributed by atoms with Crippen molar-refractivity contribution in [1.82, 2.24) is 4.90 Å². The van der Waals surface area contributed by atoms with Crippen LogP contribution in [0.5, 0.6) is 0 Å². The highest BCUT2D eigenvalue weighted by Gasteiger charge is 2.40. The summed E-state index contributed by atoms with van der Waals surface area (Å²) in [6.07, 6.45) is 0. The van der Waals surface area contributed by atoms with Crippen LogP contribution in [0.1, 0.15) is 83.0 Å². The Morgan fingerprint density at radius 1 is 0.714 bits per heavy atom. The third-order valence-corrected chi connectivity index (χ3v) is 5.14. The molecule has 0 radical (unpaired) electrons. The molecule has 2 amide bonds. The van der Waals surface area contributed by atoms with E-state index >= 15 is 0 Å². The third kappa shape index (κ3) is 3.09. The minimum atomic E-state index is -0.574.